The molecule has 146 valence electrons. The molecule has 0 atom stereocenters. The molecule has 8 heteroatoms. The molecule has 3 N–H and O–H groups in total. The van der Waals surface area contributed by atoms with Crippen molar-refractivity contribution < 1.29 is 14.3 Å². The van der Waals surface area contributed by atoms with Crippen molar-refractivity contribution in [1.82, 2.24) is 15.2 Å². The highest BCUT2D eigenvalue weighted by molar-refractivity contribution is 7.09. The maximum absolute atomic E-state index is 12.2. The van der Waals surface area contributed by atoms with Crippen LogP contribution in [0.4, 0.5) is 0 Å². The Morgan fingerprint density at radius 1 is 1.37 bits per heavy atom. The van der Waals surface area contributed by atoms with E-state index >= 15 is 0 Å². The maximum atomic E-state index is 12.2. The van der Waals surface area contributed by atoms with Gasteiger partial charge in [0.05, 0.1) is 18.2 Å². The Bertz CT molecular complexity index is 731. The molecule has 1 saturated heterocycles. The zero-order chi connectivity index (χ0) is 18.9. The topological polar surface area (TPSA) is 89.7 Å². The molecule has 0 unspecified atom stereocenters. The zero-order valence-corrected chi connectivity index (χ0v) is 16.2. The van der Waals surface area contributed by atoms with E-state index in [1.807, 2.05) is 24.3 Å². The van der Waals surface area contributed by atoms with Crippen LogP contribution in [0.25, 0.3) is 0 Å². The van der Waals surface area contributed by atoms with Crippen molar-refractivity contribution in [2.45, 2.75) is 13.0 Å². The standard InChI is InChI=1S/C19H26N4O3S/c20-5-4-18-22-17(14-27-18)19(24)21-13-15-2-1-3-16(12-15)26-11-8-23-6-9-25-10-7-23/h1-3,12,14H,4-11,13,20H2,(H,21,24). The molecule has 0 bridgehead atoms. The molecule has 3 rings (SSSR count). The third-order valence-electron chi connectivity index (χ3n) is 4.27. The third kappa shape index (κ3) is 6.28. The molecule has 0 saturated carbocycles. The van der Waals surface area contributed by atoms with E-state index in [0.717, 1.165) is 49.2 Å². The van der Waals surface area contributed by atoms with Gasteiger partial charge < -0.3 is 20.5 Å². The van der Waals surface area contributed by atoms with Gasteiger partial charge in [0.1, 0.15) is 18.1 Å². The van der Waals surface area contributed by atoms with Crippen LogP contribution in [0, 0.1) is 0 Å². The number of nitrogens with two attached hydrogens (primary N) is 1. The number of hydrogen-bond acceptors (Lipinski definition) is 7. The Labute approximate surface area is 163 Å². The molecule has 1 amide bonds. The fourth-order valence-corrected chi connectivity index (χ4v) is 3.58. The summed E-state index contributed by atoms with van der Waals surface area (Å²) in [7, 11) is 0. The molecule has 1 aromatic carbocycles. The summed E-state index contributed by atoms with van der Waals surface area (Å²) >= 11 is 1.46. The lowest BCUT2D eigenvalue weighted by Gasteiger charge is -2.26. The van der Waals surface area contributed by atoms with Gasteiger partial charge in [0, 0.05) is 38.0 Å². The summed E-state index contributed by atoms with van der Waals surface area (Å²) in [6, 6.07) is 7.80. The predicted molar refractivity (Wildman–Crippen MR) is 105 cm³/mol. The Balaban J connectivity index is 1.44. The second-order valence-electron chi connectivity index (χ2n) is 6.30. The van der Waals surface area contributed by atoms with Crippen molar-refractivity contribution in [3.05, 3.63) is 45.9 Å². The highest BCUT2D eigenvalue weighted by atomic mass is 32.1. The average Bonchev–Trinajstić information content (AvgIpc) is 3.16. The second-order valence-corrected chi connectivity index (χ2v) is 7.24. The number of rotatable bonds is 9. The first kappa shape index (κ1) is 19.8. The van der Waals surface area contributed by atoms with Crippen molar-refractivity contribution in [3.63, 3.8) is 0 Å². The minimum absolute atomic E-state index is 0.173. The summed E-state index contributed by atoms with van der Waals surface area (Å²) in [5, 5.41) is 5.56. The number of morpholine rings is 1. The Morgan fingerprint density at radius 3 is 3.04 bits per heavy atom. The number of carbonyl (C=O) groups is 1. The Kier molecular flexibility index (Phi) is 7.58. The van der Waals surface area contributed by atoms with E-state index in [1.54, 1.807) is 5.38 Å². The van der Waals surface area contributed by atoms with Gasteiger partial charge in [0.2, 0.25) is 0 Å². The number of ether oxygens (including phenoxy) is 2. The summed E-state index contributed by atoms with van der Waals surface area (Å²) in [5.74, 6) is 0.641. The van der Waals surface area contributed by atoms with E-state index in [0.29, 0.717) is 31.8 Å². The lowest BCUT2D eigenvalue weighted by atomic mass is 10.2. The summed E-state index contributed by atoms with van der Waals surface area (Å²) in [6.45, 7) is 6.00. The molecule has 2 heterocycles. The predicted octanol–water partition coefficient (Wildman–Crippen LogP) is 1.29. The van der Waals surface area contributed by atoms with Crippen molar-refractivity contribution in [2.75, 3.05) is 46.0 Å². The summed E-state index contributed by atoms with van der Waals surface area (Å²) < 4.78 is 11.2. The van der Waals surface area contributed by atoms with E-state index < -0.39 is 0 Å². The molecule has 2 aromatic rings. The molecule has 1 aliphatic rings. The van der Waals surface area contributed by atoms with Gasteiger partial charge in [-0.15, -0.1) is 11.3 Å². The fraction of sp³-hybridized carbons (Fsp3) is 0.474. The van der Waals surface area contributed by atoms with Crippen LogP contribution in [0.2, 0.25) is 0 Å². The van der Waals surface area contributed by atoms with Crippen LogP contribution in [0.3, 0.4) is 0 Å². The van der Waals surface area contributed by atoms with E-state index in [-0.39, 0.29) is 5.91 Å². The lowest BCUT2D eigenvalue weighted by Crippen LogP contribution is -2.38. The quantitative estimate of drug-likeness (QED) is 0.671. The number of benzene rings is 1. The molecule has 1 aromatic heterocycles. The summed E-state index contributed by atoms with van der Waals surface area (Å²) in [4.78, 5) is 18.9. The SMILES string of the molecule is NCCc1nc(C(=O)NCc2cccc(OCCN3CCOCC3)c2)cs1. The monoisotopic (exact) mass is 390 g/mol. The highest BCUT2D eigenvalue weighted by Crippen LogP contribution is 2.14. The molecule has 0 radical (unpaired) electrons. The van der Waals surface area contributed by atoms with Crippen LogP contribution in [-0.4, -0.2) is 61.8 Å². The van der Waals surface area contributed by atoms with E-state index in [4.69, 9.17) is 15.2 Å². The van der Waals surface area contributed by atoms with Crippen LogP contribution in [0.1, 0.15) is 21.1 Å². The van der Waals surface area contributed by atoms with Gasteiger partial charge in [-0.3, -0.25) is 9.69 Å². The van der Waals surface area contributed by atoms with Gasteiger partial charge in [-0.2, -0.15) is 0 Å². The van der Waals surface area contributed by atoms with Gasteiger partial charge in [-0.05, 0) is 24.2 Å². The van der Waals surface area contributed by atoms with Crippen LogP contribution in [0.5, 0.6) is 5.75 Å². The summed E-state index contributed by atoms with van der Waals surface area (Å²) in [5.41, 5.74) is 6.95. The van der Waals surface area contributed by atoms with E-state index in [2.05, 4.69) is 15.2 Å². The number of carbonyl (C=O) groups excluding carboxylic acids is 1. The van der Waals surface area contributed by atoms with Gasteiger partial charge in [0.15, 0.2) is 0 Å². The van der Waals surface area contributed by atoms with Gasteiger partial charge in [-0.1, -0.05) is 12.1 Å². The molecule has 1 aliphatic heterocycles. The first-order chi connectivity index (χ1) is 13.2. The highest BCUT2D eigenvalue weighted by Gasteiger charge is 2.11. The number of hydrogen-bond donors (Lipinski definition) is 2. The maximum Gasteiger partial charge on any atom is 0.271 e. The first-order valence-electron chi connectivity index (χ1n) is 9.19. The minimum Gasteiger partial charge on any atom is -0.492 e. The number of nitrogens with zero attached hydrogens (tertiary/aromatic N) is 2. The normalized spacial score (nSPS) is 14.9. The third-order valence-corrected chi connectivity index (χ3v) is 5.18. The molecule has 7 nitrogen and oxygen atoms in total. The van der Waals surface area contributed by atoms with Gasteiger partial charge in [0.25, 0.3) is 5.91 Å². The van der Waals surface area contributed by atoms with Crippen molar-refractivity contribution in [2.24, 2.45) is 5.73 Å². The lowest BCUT2D eigenvalue weighted by molar-refractivity contribution is 0.0322. The van der Waals surface area contributed by atoms with Crippen LogP contribution < -0.4 is 15.8 Å². The second kappa shape index (κ2) is 10.4. The van der Waals surface area contributed by atoms with Crippen LogP contribution >= 0.6 is 11.3 Å². The van der Waals surface area contributed by atoms with Gasteiger partial charge >= 0.3 is 0 Å². The first-order valence-corrected chi connectivity index (χ1v) is 10.1. The van der Waals surface area contributed by atoms with Crippen molar-refractivity contribution in [1.29, 1.82) is 0 Å². The average molecular weight is 391 g/mol. The Hall–Kier alpha value is -2.00. The molecular weight excluding hydrogens is 364 g/mol. The zero-order valence-electron chi connectivity index (χ0n) is 15.4. The fourth-order valence-electron chi connectivity index (χ4n) is 2.79. The molecule has 1 fully saturated rings. The summed E-state index contributed by atoms with van der Waals surface area (Å²) in [6.07, 6.45) is 0.696. The Morgan fingerprint density at radius 2 is 2.22 bits per heavy atom. The number of aromatic nitrogens is 1. The van der Waals surface area contributed by atoms with E-state index in [9.17, 15) is 4.79 Å². The van der Waals surface area contributed by atoms with Crippen molar-refractivity contribution in [3.8, 4) is 5.75 Å². The molecule has 0 aliphatic carbocycles. The van der Waals surface area contributed by atoms with E-state index in [1.165, 1.54) is 11.3 Å². The van der Waals surface area contributed by atoms with Crippen LogP contribution in [-0.2, 0) is 17.7 Å². The largest absolute Gasteiger partial charge is 0.492 e. The minimum atomic E-state index is -0.173. The number of thiazole rings is 1. The number of amides is 1. The molecule has 27 heavy (non-hydrogen) atoms. The number of nitrogens with one attached hydrogen (secondary N) is 1. The van der Waals surface area contributed by atoms with Crippen LogP contribution in [0.15, 0.2) is 29.6 Å². The van der Waals surface area contributed by atoms with Crippen molar-refractivity contribution >= 4 is 17.2 Å². The molecule has 0 spiro atoms. The smallest absolute Gasteiger partial charge is 0.271 e. The van der Waals surface area contributed by atoms with Gasteiger partial charge in [-0.25, -0.2) is 4.98 Å². The molecular formula is C19H26N4O3S.